The summed E-state index contributed by atoms with van der Waals surface area (Å²) in [5.41, 5.74) is 0.136. The Morgan fingerprint density at radius 2 is 1.84 bits per heavy atom. The van der Waals surface area contributed by atoms with Crippen LogP contribution < -0.4 is 5.32 Å². The molecule has 2 rings (SSSR count). The molecule has 1 aromatic rings. The fourth-order valence-corrected chi connectivity index (χ4v) is 2.65. The van der Waals surface area contributed by atoms with Gasteiger partial charge in [0.1, 0.15) is 5.82 Å². The van der Waals surface area contributed by atoms with Crippen LogP contribution in [0.1, 0.15) is 36.0 Å². The zero-order chi connectivity index (χ0) is 13.8. The molecule has 0 spiro atoms. The molecule has 0 saturated heterocycles. The molecule has 1 amide bonds. The van der Waals surface area contributed by atoms with Crippen molar-refractivity contribution in [3.05, 3.63) is 35.6 Å². The van der Waals surface area contributed by atoms with E-state index in [-0.39, 0.29) is 17.5 Å². The number of hydrogen-bond acceptors (Lipinski definition) is 2. The zero-order valence-electron chi connectivity index (χ0n) is 11.5. The first kappa shape index (κ1) is 14.0. The topological polar surface area (TPSA) is 32.3 Å². The highest BCUT2D eigenvalue weighted by Crippen LogP contribution is 2.22. The molecular formula is C15H21FN2O. The van der Waals surface area contributed by atoms with Gasteiger partial charge in [0.2, 0.25) is 0 Å². The van der Waals surface area contributed by atoms with E-state index >= 15 is 0 Å². The van der Waals surface area contributed by atoms with Gasteiger partial charge in [-0.25, -0.2) is 4.39 Å². The molecule has 0 heterocycles. The molecule has 1 saturated carbocycles. The monoisotopic (exact) mass is 264 g/mol. The highest BCUT2D eigenvalue weighted by molar-refractivity contribution is 5.94. The van der Waals surface area contributed by atoms with Crippen LogP contribution in [-0.2, 0) is 0 Å². The molecule has 0 aliphatic heterocycles. The minimum absolute atomic E-state index is 0.136. The third-order valence-electron chi connectivity index (χ3n) is 3.88. The van der Waals surface area contributed by atoms with Crippen molar-refractivity contribution >= 4 is 5.91 Å². The molecule has 0 atom stereocenters. The van der Waals surface area contributed by atoms with Gasteiger partial charge in [-0.1, -0.05) is 12.1 Å². The summed E-state index contributed by atoms with van der Waals surface area (Å²) < 4.78 is 13.5. The number of amides is 1. The molecular weight excluding hydrogens is 243 g/mol. The van der Waals surface area contributed by atoms with Gasteiger partial charge in [0.05, 0.1) is 5.56 Å². The summed E-state index contributed by atoms with van der Waals surface area (Å²) in [6.45, 7) is 0. The second-order valence-electron chi connectivity index (χ2n) is 5.42. The lowest BCUT2D eigenvalue weighted by Crippen LogP contribution is -2.42. The summed E-state index contributed by atoms with van der Waals surface area (Å²) in [5.74, 6) is -0.756. The van der Waals surface area contributed by atoms with Crippen molar-refractivity contribution in [3.63, 3.8) is 0 Å². The van der Waals surface area contributed by atoms with E-state index in [9.17, 15) is 9.18 Å². The van der Waals surface area contributed by atoms with Crippen LogP contribution in [-0.4, -0.2) is 37.0 Å². The molecule has 1 aliphatic carbocycles. The van der Waals surface area contributed by atoms with Crippen molar-refractivity contribution in [2.24, 2.45) is 0 Å². The van der Waals surface area contributed by atoms with Gasteiger partial charge in [0, 0.05) is 12.1 Å². The normalized spacial score (nSPS) is 23.4. The molecule has 1 N–H and O–H groups in total. The number of nitrogens with one attached hydrogen (secondary N) is 1. The van der Waals surface area contributed by atoms with E-state index < -0.39 is 5.82 Å². The van der Waals surface area contributed by atoms with Gasteiger partial charge in [0.15, 0.2) is 0 Å². The van der Waals surface area contributed by atoms with Gasteiger partial charge in [-0.05, 0) is 51.9 Å². The van der Waals surface area contributed by atoms with Gasteiger partial charge in [-0.15, -0.1) is 0 Å². The van der Waals surface area contributed by atoms with Crippen LogP contribution in [0.25, 0.3) is 0 Å². The average molecular weight is 264 g/mol. The van der Waals surface area contributed by atoms with Gasteiger partial charge in [-0.2, -0.15) is 0 Å². The molecule has 1 aliphatic rings. The standard InChI is InChI=1S/C15H21FN2O/c1-18(2)12-9-7-11(8-10-12)17-15(19)13-5-3-4-6-14(13)16/h3-6,11-12H,7-10H2,1-2H3,(H,17,19). The van der Waals surface area contributed by atoms with E-state index in [1.54, 1.807) is 12.1 Å². The maximum Gasteiger partial charge on any atom is 0.254 e. The minimum Gasteiger partial charge on any atom is -0.349 e. The second-order valence-corrected chi connectivity index (χ2v) is 5.42. The molecule has 4 heteroatoms. The van der Waals surface area contributed by atoms with E-state index in [0.29, 0.717) is 6.04 Å². The van der Waals surface area contributed by atoms with Crippen molar-refractivity contribution in [2.45, 2.75) is 37.8 Å². The van der Waals surface area contributed by atoms with Crippen LogP contribution in [0.15, 0.2) is 24.3 Å². The maximum absolute atomic E-state index is 13.5. The lowest BCUT2D eigenvalue weighted by atomic mass is 9.90. The van der Waals surface area contributed by atoms with Crippen LogP contribution in [0.4, 0.5) is 4.39 Å². The van der Waals surface area contributed by atoms with Crippen molar-refractivity contribution in [1.82, 2.24) is 10.2 Å². The SMILES string of the molecule is CN(C)C1CCC(NC(=O)c2ccccc2F)CC1. The molecule has 104 valence electrons. The van der Waals surface area contributed by atoms with Crippen LogP contribution >= 0.6 is 0 Å². The quantitative estimate of drug-likeness (QED) is 0.909. The largest absolute Gasteiger partial charge is 0.349 e. The first-order chi connectivity index (χ1) is 9.08. The number of rotatable bonds is 3. The summed E-state index contributed by atoms with van der Waals surface area (Å²) in [6, 6.07) is 6.88. The van der Waals surface area contributed by atoms with Crippen LogP contribution in [0.5, 0.6) is 0 Å². The average Bonchev–Trinajstić information content (AvgIpc) is 2.39. The molecule has 0 aromatic heterocycles. The number of carbonyl (C=O) groups excluding carboxylic acids is 1. The Hall–Kier alpha value is -1.42. The van der Waals surface area contributed by atoms with Crippen LogP contribution in [0.2, 0.25) is 0 Å². The molecule has 1 aromatic carbocycles. The molecule has 0 unspecified atom stereocenters. The van der Waals surface area contributed by atoms with Gasteiger partial charge in [0.25, 0.3) is 5.91 Å². The smallest absolute Gasteiger partial charge is 0.254 e. The summed E-state index contributed by atoms with van der Waals surface area (Å²) >= 11 is 0. The van der Waals surface area contributed by atoms with E-state index in [0.717, 1.165) is 25.7 Å². The van der Waals surface area contributed by atoms with E-state index in [2.05, 4.69) is 24.3 Å². The van der Waals surface area contributed by atoms with E-state index in [1.807, 2.05) is 0 Å². The minimum atomic E-state index is -0.457. The highest BCUT2D eigenvalue weighted by Gasteiger charge is 2.24. The molecule has 0 bridgehead atoms. The van der Waals surface area contributed by atoms with Gasteiger partial charge in [-0.3, -0.25) is 4.79 Å². The number of nitrogens with zero attached hydrogens (tertiary/aromatic N) is 1. The number of hydrogen-bond donors (Lipinski definition) is 1. The first-order valence-electron chi connectivity index (χ1n) is 6.79. The summed E-state index contributed by atoms with van der Waals surface area (Å²) in [4.78, 5) is 14.2. The van der Waals surface area contributed by atoms with Crippen molar-refractivity contribution in [1.29, 1.82) is 0 Å². The predicted molar refractivity (Wildman–Crippen MR) is 73.6 cm³/mol. The van der Waals surface area contributed by atoms with Crippen molar-refractivity contribution in [3.8, 4) is 0 Å². The van der Waals surface area contributed by atoms with Gasteiger partial charge >= 0.3 is 0 Å². The number of carbonyl (C=O) groups is 1. The zero-order valence-corrected chi connectivity index (χ0v) is 11.5. The Kier molecular flexibility index (Phi) is 4.53. The summed E-state index contributed by atoms with van der Waals surface area (Å²) in [5, 5.41) is 2.94. The van der Waals surface area contributed by atoms with Crippen LogP contribution in [0.3, 0.4) is 0 Å². The van der Waals surface area contributed by atoms with E-state index in [1.165, 1.54) is 12.1 Å². The lowest BCUT2D eigenvalue weighted by molar-refractivity contribution is 0.0912. The molecule has 3 nitrogen and oxygen atoms in total. The summed E-state index contributed by atoms with van der Waals surface area (Å²) in [7, 11) is 4.17. The van der Waals surface area contributed by atoms with E-state index in [4.69, 9.17) is 0 Å². The van der Waals surface area contributed by atoms with Gasteiger partial charge < -0.3 is 10.2 Å². The number of benzene rings is 1. The Bertz CT molecular complexity index is 440. The van der Waals surface area contributed by atoms with Crippen LogP contribution in [0, 0.1) is 5.82 Å². The maximum atomic E-state index is 13.5. The Morgan fingerprint density at radius 1 is 1.21 bits per heavy atom. The van der Waals surface area contributed by atoms with Crippen molar-refractivity contribution in [2.75, 3.05) is 14.1 Å². The Balaban J connectivity index is 1.89. The third-order valence-corrected chi connectivity index (χ3v) is 3.88. The Labute approximate surface area is 113 Å². The third kappa shape index (κ3) is 3.53. The fourth-order valence-electron chi connectivity index (χ4n) is 2.65. The molecule has 19 heavy (non-hydrogen) atoms. The summed E-state index contributed by atoms with van der Waals surface area (Å²) in [6.07, 6.45) is 4.08. The second kappa shape index (κ2) is 6.15. The predicted octanol–water partition coefficient (Wildman–Crippen LogP) is 2.43. The van der Waals surface area contributed by atoms with Crippen molar-refractivity contribution < 1.29 is 9.18 Å². The molecule has 0 radical (unpaired) electrons. The fraction of sp³-hybridized carbons (Fsp3) is 0.533. The number of halogens is 1. The molecule has 1 fully saturated rings. The highest BCUT2D eigenvalue weighted by atomic mass is 19.1. The first-order valence-corrected chi connectivity index (χ1v) is 6.79. The Morgan fingerprint density at radius 3 is 2.42 bits per heavy atom. The lowest BCUT2D eigenvalue weighted by Gasteiger charge is -2.33.